The minimum absolute atomic E-state index is 0.123. The molecule has 22 heavy (non-hydrogen) atoms. The third kappa shape index (κ3) is 3.48. The van der Waals surface area contributed by atoms with Crippen LogP contribution < -0.4 is 0 Å². The summed E-state index contributed by atoms with van der Waals surface area (Å²) in [7, 11) is 0. The molecule has 2 N–H and O–H groups in total. The Hall–Kier alpha value is -1.43. The number of aliphatic hydroxyl groups is 1. The van der Waals surface area contributed by atoms with Crippen LogP contribution in [0.2, 0.25) is 5.02 Å². The number of halogens is 2. The number of β-amino-alcohol motifs (C(OH)–C–C–N with tert-alkyl or cyclic N) is 1. The first-order chi connectivity index (χ1) is 10.5. The van der Waals surface area contributed by atoms with Crippen molar-refractivity contribution >= 4 is 11.6 Å². The van der Waals surface area contributed by atoms with Gasteiger partial charge < -0.3 is 5.11 Å². The van der Waals surface area contributed by atoms with Gasteiger partial charge in [0.15, 0.2) is 0 Å². The van der Waals surface area contributed by atoms with E-state index in [1.54, 1.807) is 12.1 Å². The molecule has 3 rings (SSSR count). The average molecular weight is 324 g/mol. The Morgan fingerprint density at radius 3 is 2.91 bits per heavy atom. The molecule has 1 aromatic heterocycles. The second-order valence-corrected chi connectivity index (χ2v) is 6.44. The minimum Gasteiger partial charge on any atom is -0.391 e. The zero-order chi connectivity index (χ0) is 15.7. The summed E-state index contributed by atoms with van der Waals surface area (Å²) in [5, 5.41) is 17.8. The highest BCUT2D eigenvalue weighted by Gasteiger charge is 2.32. The van der Waals surface area contributed by atoms with Crippen LogP contribution in [0.1, 0.15) is 17.0 Å². The van der Waals surface area contributed by atoms with Crippen LogP contribution in [-0.4, -0.2) is 39.4 Å². The summed E-state index contributed by atoms with van der Waals surface area (Å²) in [5.74, 6) is -0.175. The number of likely N-dealkylation sites (tertiary alicyclic amines) is 1. The van der Waals surface area contributed by atoms with Gasteiger partial charge in [0.25, 0.3) is 0 Å². The smallest absolute Gasteiger partial charge is 0.129 e. The molecule has 1 aromatic carbocycles. The number of nitrogens with zero attached hydrogens (tertiary/aromatic N) is 2. The van der Waals surface area contributed by atoms with E-state index in [4.69, 9.17) is 11.6 Å². The second-order valence-electron chi connectivity index (χ2n) is 6.00. The van der Waals surface area contributed by atoms with Crippen LogP contribution in [0, 0.1) is 18.7 Å². The summed E-state index contributed by atoms with van der Waals surface area (Å²) >= 11 is 5.77. The molecule has 2 aromatic rings. The van der Waals surface area contributed by atoms with Gasteiger partial charge in [0.2, 0.25) is 0 Å². The molecule has 4 nitrogen and oxygen atoms in total. The fraction of sp³-hybridized carbons (Fsp3) is 0.438. The van der Waals surface area contributed by atoms with Crippen LogP contribution in [0.15, 0.2) is 24.3 Å². The van der Waals surface area contributed by atoms with E-state index in [9.17, 15) is 9.50 Å². The van der Waals surface area contributed by atoms with Gasteiger partial charge in [0.05, 0.1) is 11.8 Å². The van der Waals surface area contributed by atoms with Crippen LogP contribution in [0.25, 0.3) is 0 Å². The molecule has 0 radical (unpaired) electrons. The summed E-state index contributed by atoms with van der Waals surface area (Å²) in [6.45, 7) is 3.72. The predicted octanol–water partition coefficient (Wildman–Crippen LogP) is 2.55. The normalized spacial score (nSPS) is 22.4. The Morgan fingerprint density at radius 1 is 1.41 bits per heavy atom. The molecule has 6 heteroatoms. The maximum atomic E-state index is 13.9. The van der Waals surface area contributed by atoms with E-state index >= 15 is 0 Å². The highest BCUT2D eigenvalue weighted by molar-refractivity contribution is 6.30. The van der Waals surface area contributed by atoms with Crippen molar-refractivity contribution in [2.24, 2.45) is 5.92 Å². The number of nitrogens with one attached hydrogen (secondary N) is 1. The van der Waals surface area contributed by atoms with Crippen LogP contribution >= 0.6 is 11.6 Å². The molecule has 0 unspecified atom stereocenters. The molecular formula is C16H19ClFN3O. The molecule has 2 atom stereocenters. The molecule has 0 saturated carbocycles. The first-order valence-electron chi connectivity index (χ1n) is 7.36. The molecule has 118 valence electrons. The molecular weight excluding hydrogens is 305 g/mol. The highest BCUT2D eigenvalue weighted by Crippen LogP contribution is 2.24. The van der Waals surface area contributed by atoms with Crippen molar-refractivity contribution in [2.45, 2.75) is 26.0 Å². The summed E-state index contributed by atoms with van der Waals surface area (Å²) < 4.78 is 13.9. The minimum atomic E-state index is -0.410. The van der Waals surface area contributed by atoms with E-state index in [2.05, 4.69) is 15.1 Å². The molecule has 2 heterocycles. The van der Waals surface area contributed by atoms with E-state index in [1.807, 2.05) is 13.0 Å². The number of hydrogen-bond acceptors (Lipinski definition) is 3. The van der Waals surface area contributed by atoms with E-state index in [0.29, 0.717) is 23.7 Å². The fourth-order valence-electron chi connectivity index (χ4n) is 3.01. The zero-order valence-corrected chi connectivity index (χ0v) is 13.1. The lowest BCUT2D eigenvalue weighted by atomic mass is 10.0. The Bertz CT molecular complexity index is 661. The lowest BCUT2D eigenvalue weighted by molar-refractivity contribution is 0.140. The summed E-state index contributed by atoms with van der Waals surface area (Å²) in [5.41, 5.74) is 2.58. The Labute approximate surface area is 133 Å². The van der Waals surface area contributed by atoms with Crippen LogP contribution in [0.3, 0.4) is 0 Å². The van der Waals surface area contributed by atoms with Gasteiger partial charge in [-0.05, 0) is 31.5 Å². The maximum absolute atomic E-state index is 13.9. The van der Waals surface area contributed by atoms with E-state index in [1.165, 1.54) is 6.07 Å². The number of aryl methyl sites for hydroxylation is 1. The summed E-state index contributed by atoms with van der Waals surface area (Å²) in [6, 6.07) is 6.71. The number of aromatic amines is 1. The number of aliphatic hydroxyl groups excluding tert-OH is 1. The molecule has 1 aliphatic rings. The van der Waals surface area contributed by atoms with E-state index in [-0.39, 0.29) is 11.7 Å². The summed E-state index contributed by atoms with van der Waals surface area (Å²) in [4.78, 5) is 2.07. The monoisotopic (exact) mass is 323 g/mol. The quantitative estimate of drug-likeness (QED) is 0.909. The van der Waals surface area contributed by atoms with Crippen molar-refractivity contribution in [3.63, 3.8) is 0 Å². The molecule has 0 aliphatic carbocycles. The lowest BCUT2D eigenvalue weighted by Gasteiger charge is -2.16. The van der Waals surface area contributed by atoms with Gasteiger partial charge in [-0.2, -0.15) is 5.10 Å². The SMILES string of the molecule is Cc1cc(C[C@@H]2CN(Cc3ccc(Cl)cc3F)C[C@H]2O)n[nH]1. The third-order valence-corrected chi connectivity index (χ3v) is 4.36. The average Bonchev–Trinajstić information content (AvgIpc) is 3.00. The van der Waals surface area contributed by atoms with Gasteiger partial charge in [-0.3, -0.25) is 10.00 Å². The van der Waals surface area contributed by atoms with Crippen molar-refractivity contribution in [2.75, 3.05) is 13.1 Å². The Kier molecular flexibility index (Phi) is 4.47. The zero-order valence-electron chi connectivity index (χ0n) is 12.4. The first kappa shape index (κ1) is 15.5. The van der Waals surface area contributed by atoms with Crippen LogP contribution in [0.4, 0.5) is 4.39 Å². The van der Waals surface area contributed by atoms with Crippen LogP contribution in [-0.2, 0) is 13.0 Å². The van der Waals surface area contributed by atoms with Crippen molar-refractivity contribution in [1.29, 1.82) is 0 Å². The Balaban J connectivity index is 1.62. The topological polar surface area (TPSA) is 52.1 Å². The van der Waals surface area contributed by atoms with Gasteiger partial charge in [0.1, 0.15) is 5.82 Å². The molecule has 1 fully saturated rings. The first-order valence-corrected chi connectivity index (χ1v) is 7.74. The van der Waals surface area contributed by atoms with Gasteiger partial charge in [-0.15, -0.1) is 0 Å². The van der Waals surface area contributed by atoms with Crippen molar-refractivity contribution in [3.05, 3.63) is 52.1 Å². The van der Waals surface area contributed by atoms with Crippen LogP contribution in [0.5, 0.6) is 0 Å². The van der Waals surface area contributed by atoms with Gasteiger partial charge >= 0.3 is 0 Å². The van der Waals surface area contributed by atoms with Crippen molar-refractivity contribution in [3.8, 4) is 0 Å². The molecule has 1 aliphatic heterocycles. The number of H-pyrrole nitrogens is 1. The summed E-state index contributed by atoms with van der Waals surface area (Å²) in [6.07, 6.45) is 0.317. The molecule has 0 spiro atoms. The number of benzene rings is 1. The molecule has 0 bridgehead atoms. The van der Waals surface area contributed by atoms with Crippen molar-refractivity contribution in [1.82, 2.24) is 15.1 Å². The molecule has 1 saturated heterocycles. The van der Waals surface area contributed by atoms with Gasteiger partial charge in [0, 0.05) is 41.8 Å². The van der Waals surface area contributed by atoms with E-state index < -0.39 is 6.10 Å². The lowest BCUT2D eigenvalue weighted by Crippen LogP contribution is -2.22. The third-order valence-electron chi connectivity index (χ3n) is 4.12. The predicted molar refractivity (Wildman–Crippen MR) is 83.2 cm³/mol. The number of aromatic nitrogens is 2. The maximum Gasteiger partial charge on any atom is 0.129 e. The fourth-order valence-corrected chi connectivity index (χ4v) is 3.17. The largest absolute Gasteiger partial charge is 0.391 e. The number of hydrogen-bond donors (Lipinski definition) is 2. The second kappa shape index (κ2) is 6.36. The highest BCUT2D eigenvalue weighted by atomic mass is 35.5. The van der Waals surface area contributed by atoms with E-state index in [0.717, 1.165) is 24.4 Å². The van der Waals surface area contributed by atoms with Crippen molar-refractivity contribution < 1.29 is 9.50 Å². The Morgan fingerprint density at radius 2 is 2.23 bits per heavy atom. The molecule has 0 amide bonds. The standard InChI is InChI=1S/C16H19ClFN3O/c1-10-4-14(20-19-10)5-12-8-21(9-16(12)22)7-11-2-3-13(17)6-15(11)18/h2-4,6,12,16,22H,5,7-9H2,1H3,(H,19,20)/t12-,16-/m1/s1. The van der Waals surface area contributed by atoms with Gasteiger partial charge in [-0.1, -0.05) is 17.7 Å². The van der Waals surface area contributed by atoms with Gasteiger partial charge in [-0.25, -0.2) is 4.39 Å². The number of rotatable bonds is 4.